The minimum atomic E-state index is -4.66. The maximum atomic E-state index is 12.1. The fraction of sp³-hybridized carbons (Fsp3) is 0.167. The second kappa shape index (κ2) is 6.18. The van der Waals surface area contributed by atoms with Crippen LogP contribution in [0.3, 0.4) is 0 Å². The Hall–Kier alpha value is -1.72. The zero-order valence-corrected chi connectivity index (χ0v) is 12.8. The number of nitrogens with two attached hydrogens (primary N) is 1. The molecule has 0 amide bonds. The van der Waals surface area contributed by atoms with Crippen molar-refractivity contribution in [2.75, 3.05) is 12.4 Å². The lowest BCUT2D eigenvalue weighted by Crippen LogP contribution is -2.15. The monoisotopic (exact) mass is 345 g/mol. The quantitative estimate of drug-likeness (QED) is 0.443. The highest BCUT2D eigenvalue weighted by Crippen LogP contribution is 2.23. The number of hydrogen-bond acceptors (Lipinski definition) is 6. The number of nitrogens with zero attached hydrogens (tertiary/aromatic N) is 1. The topological polar surface area (TPSA) is 138 Å². The Labute approximate surface area is 127 Å². The van der Waals surface area contributed by atoms with Crippen LogP contribution in [0, 0.1) is 0 Å². The molecule has 0 spiro atoms. The van der Waals surface area contributed by atoms with E-state index in [1.165, 1.54) is 12.1 Å². The van der Waals surface area contributed by atoms with E-state index < -0.39 is 32.6 Å². The van der Waals surface area contributed by atoms with E-state index in [1.54, 1.807) is 24.3 Å². The average molecular weight is 345 g/mol. The third kappa shape index (κ3) is 4.15. The molecule has 3 N–H and O–H groups in total. The van der Waals surface area contributed by atoms with Gasteiger partial charge in [-0.2, -0.15) is 8.42 Å². The second-order valence-electron chi connectivity index (χ2n) is 4.39. The van der Waals surface area contributed by atoms with Gasteiger partial charge in [0.05, 0.1) is 22.9 Å². The van der Waals surface area contributed by atoms with Crippen LogP contribution in [0.1, 0.15) is 0 Å². The van der Waals surface area contributed by atoms with Gasteiger partial charge in [-0.1, -0.05) is 12.1 Å². The fourth-order valence-corrected chi connectivity index (χ4v) is 3.37. The molecule has 8 nitrogen and oxygen atoms in total. The second-order valence-corrected chi connectivity index (χ2v) is 7.59. The summed E-state index contributed by atoms with van der Waals surface area (Å²) in [5.41, 5.74) is 4.10. The van der Waals surface area contributed by atoms with E-state index in [9.17, 15) is 16.8 Å². The Morgan fingerprint density at radius 2 is 1.68 bits per heavy atom. The molecular formula is C12H13N2O6S2. The van der Waals surface area contributed by atoms with Crippen LogP contribution < -0.4 is 11.3 Å². The Kier molecular flexibility index (Phi) is 4.68. The Morgan fingerprint density at radius 1 is 1.05 bits per heavy atom. The molecule has 0 atom stereocenters. The largest absolute Gasteiger partial charge is 0.397 e. The molecule has 10 heteroatoms. The molecule has 2 rings (SSSR count). The van der Waals surface area contributed by atoms with E-state index in [0.717, 1.165) is 5.39 Å². The number of benzene rings is 2. The molecule has 0 saturated heterocycles. The highest BCUT2D eigenvalue weighted by Gasteiger charge is 2.17. The van der Waals surface area contributed by atoms with Gasteiger partial charge >= 0.3 is 10.4 Å². The molecule has 2 aromatic rings. The van der Waals surface area contributed by atoms with Crippen LogP contribution >= 0.6 is 0 Å². The van der Waals surface area contributed by atoms with Gasteiger partial charge in [0, 0.05) is 0 Å². The van der Waals surface area contributed by atoms with E-state index in [0.29, 0.717) is 11.1 Å². The van der Waals surface area contributed by atoms with Crippen LogP contribution in [-0.2, 0) is 24.4 Å². The first-order chi connectivity index (χ1) is 10.2. The molecule has 0 aliphatic carbocycles. The minimum absolute atomic E-state index is 0.0244. The normalized spacial score (nSPS) is 12.5. The van der Waals surface area contributed by atoms with Crippen LogP contribution in [0.2, 0.25) is 0 Å². The van der Waals surface area contributed by atoms with E-state index in [4.69, 9.17) is 10.4 Å². The predicted octanol–water partition coefficient (Wildman–Crippen LogP) is 0.543. The van der Waals surface area contributed by atoms with E-state index in [2.05, 4.69) is 9.61 Å². The van der Waals surface area contributed by atoms with Crippen LogP contribution in [0.15, 0.2) is 41.3 Å². The van der Waals surface area contributed by atoms with Crippen molar-refractivity contribution in [3.63, 3.8) is 0 Å². The third-order valence-electron chi connectivity index (χ3n) is 2.89. The van der Waals surface area contributed by atoms with Crippen molar-refractivity contribution < 1.29 is 25.6 Å². The molecule has 119 valence electrons. The summed E-state index contributed by atoms with van der Waals surface area (Å²) >= 11 is 0. The van der Waals surface area contributed by atoms with E-state index >= 15 is 0 Å². The van der Waals surface area contributed by atoms with Crippen molar-refractivity contribution in [1.82, 2.24) is 5.43 Å². The molecule has 0 unspecified atom stereocenters. The molecule has 0 saturated carbocycles. The Bertz CT molecular complexity index is 893. The number of fused-ring (bicyclic) bond motifs is 1. The minimum Gasteiger partial charge on any atom is -0.264 e. The number of hydrogen-bond donors (Lipinski definition) is 2. The molecule has 2 aromatic carbocycles. The summed E-state index contributed by atoms with van der Waals surface area (Å²) in [5.74, 6) is 4.60. The SMILES string of the molecule is N[N]c1ccc2cc(S(=O)(=O)CCOS(=O)(=O)O)ccc2c1. The van der Waals surface area contributed by atoms with Crippen LogP contribution in [-0.4, -0.2) is 33.7 Å². The first kappa shape index (κ1) is 16.6. The van der Waals surface area contributed by atoms with Crippen LogP contribution in [0.4, 0.5) is 5.69 Å². The van der Waals surface area contributed by atoms with Crippen LogP contribution in [0.5, 0.6) is 0 Å². The van der Waals surface area contributed by atoms with Crippen molar-refractivity contribution >= 4 is 36.7 Å². The summed E-state index contributed by atoms with van der Waals surface area (Å²) in [5, 5.41) is 1.43. The van der Waals surface area contributed by atoms with Crippen molar-refractivity contribution in [2.24, 2.45) is 5.84 Å². The first-order valence-electron chi connectivity index (χ1n) is 6.01. The van der Waals surface area contributed by atoms with Crippen molar-refractivity contribution in [3.8, 4) is 0 Å². The van der Waals surface area contributed by atoms with Gasteiger partial charge in [0.25, 0.3) is 0 Å². The molecule has 0 aliphatic heterocycles. The molecule has 0 aromatic heterocycles. The van der Waals surface area contributed by atoms with Gasteiger partial charge in [-0.25, -0.2) is 23.9 Å². The highest BCUT2D eigenvalue weighted by atomic mass is 32.3. The summed E-state index contributed by atoms with van der Waals surface area (Å²) in [6.07, 6.45) is 0. The first-order valence-corrected chi connectivity index (χ1v) is 9.02. The van der Waals surface area contributed by atoms with Crippen molar-refractivity contribution in [3.05, 3.63) is 36.4 Å². The van der Waals surface area contributed by atoms with Crippen molar-refractivity contribution in [1.29, 1.82) is 0 Å². The van der Waals surface area contributed by atoms with E-state index in [-0.39, 0.29) is 4.90 Å². The highest BCUT2D eigenvalue weighted by molar-refractivity contribution is 7.91. The molecule has 0 bridgehead atoms. The zero-order valence-electron chi connectivity index (χ0n) is 11.2. The van der Waals surface area contributed by atoms with Gasteiger partial charge in [-0.15, -0.1) is 0 Å². The maximum absolute atomic E-state index is 12.1. The van der Waals surface area contributed by atoms with Crippen molar-refractivity contribution in [2.45, 2.75) is 4.90 Å². The van der Waals surface area contributed by atoms with Gasteiger partial charge in [0.2, 0.25) is 0 Å². The lowest BCUT2D eigenvalue weighted by Gasteiger charge is -2.06. The Balaban J connectivity index is 2.26. The lowest BCUT2D eigenvalue weighted by molar-refractivity contribution is 0.284. The molecule has 1 radical (unpaired) electrons. The van der Waals surface area contributed by atoms with Gasteiger partial charge in [-0.3, -0.25) is 4.55 Å². The molecule has 0 aliphatic rings. The predicted molar refractivity (Wildman–Crippen MR) is 79.5 cm³/mol. The van der Waals surface area contributed by atoms with Gasteiger partial charge in [-0.05, 0) is 35.0 Å². The number of rotatable bonds is 6. The average Bonchev–Trinajstić information content (AvgIpc) is 2.44. The Morgan fingerprint density at radius 3 is 2.32 bits per heavy atom. The van der Waals surface area contributed by atoms with Gasteiger partial charge < -0.3 is 0 Å². The zero-order chi connectivity index (χ0) is 16.4. The van der Waals surface area contributed by atoms with Gasteiger partial charge in [0.1, 0.15) is 0 Å². The molecule has 0 heterocycles. The summed E-state index contributed by atoms with van der Waals surface area (Å²) < 4.78 is 57.4. The summed E-state index contributed by atoms with van der Waals surface area (Å²) in [6, 6.07) is 9.46. The van der Waals surface area contributed by atoms with E-state index in [1.807, 2.05) is 0 Å². The third-order valence-corrected chi connectivity index (χ3v) is 5.03. The summed E-state index contributed by atoms with van der Waals surface area (Å²) in [7, 11) is -8.40. The fourth-order valence-electron chi connectivity index (χ4n) is 1.85. The lowest BCUT2D eigenvalue weighted by atomic mass is 10.1. The standard InChI is InChI=1S/C12H13N2O6S2/c13-14-11-3-1-10-8-12(4-2-9(10)7-11)21(15,16)6-5-20-22(17,18)19/h1-4,7-8H,5-6,13H2,(H,17,18,19). The number of sulfone groups is 1. The van der Waals surface area contributed by atoms with Crippen LogP contribution in [0.25, 0.3) is 10.8 Å². The summed E-state index contributed by atoms with van der Waals surface area (Å²) in [4.78, 5) is 0.0244. The summed E-state index contributed by atoms with van der Waals surface area (Å²) in [6.45, 7) is -0.663. The molecule has 22 heavy (non-hydrogen) atoms. The maximum Gasteiger partial charge on any atom is 0.397 e. The molecule has 0 fully saturated rings. The smallest absolute Gasteiger partial charge is 0.264 e. The molecular weight excluding hydrogens is 332 g/mol. The van der Waals surface area contributed by atoms with Gasteiger partial charge in [0.15, 0.2) is 9.84 Å².